The minimum atomic E-state index is -0.504. The lowest BCUT2D eigenvalue weighted by Crippen LogP contribution is -2.32. The van der Waals surface area contributed by atoms with E-state index in [0.29, 0.717) is 13.2 Å². The number of benzene rings is 2. The van der Waals surface area contributed by atoms with Crippen molar-refractivity contribution in [2.45, 2.75) is 46.4 Å². The van der Waals surface area contributed by atoms with Crippen LogP contribution in [0.25, 0.3) is 22.2 Å². The standard InChI is InChI=1S/C23H28N2O3/c1-15-19-12-16(13-24-22(26)28-23(2,3)4)10-11-20(19)25-21(15)18-9-7-6-8-17(18)14-27-5/h6-12,25H,13-14H2,1-5H3,(H,24,26). The molecule has 0 saturated heterocycles. The Kier molecular flexibility index (Phi) is 5.75. The van der Waals surface area contributed by atoms with Crippen molar-refractivity contribution in [3.63, 3.8) is 0 Å². The monoisotopic (exact) mass is 380 g/mol. The van der Waals surface area contributed by atoms with E-state index in [-0.39, 0.29) is 0 Å². The number of aryl methyl sites for hydroxylation is 1. The SMILES string of the molecule is COCc1ccccc1-c1[nH]c2ccc(CNC(=O)OC(C)(C)C)cc2c1C. The number of H-pyrrole nitrogens is 1. The van der Waals surface area contributed by atoms with Gasteiger partial charge in [-0.25, -0.2) is 4.79 Å². The van der Waals surface area contributed by atoms with E-state index in [1.807, 2.05) is 39.0 Å². The maximum atomic E-state index is 11.9. The molecule has 1 aromatic heterocycles. The van der Waals surface area contributed by atoms with E-state index in [0.717, 1.165) is 33.3 Å². The number of aromatic nitrogens is 1. The number of aromatic amines is 1. The predicted molar refractivity (Wildman–Crippen MR) is 112 cm³/mol. The van der Waals surface area contributed by atoms with Crippen LogP contribution in [-0.2, 0) is 22.6 Å². The second kappa shape index (κ2) is 8.07. The van der Waals surface area contributed by atoms with Crippen molar-refractivity contribution in [2.24, 2.45) is 0 Å². The normalized spacial score (nSPS) is 11.6. The van der Waals surface area contributed by atoms with Gasteiger partial charge >= 0.3 is 6.09 Å². The van der Waals surface area contributed by atoms with Gasteiger partial charge in [0.2, 0.25) is 0 Å². The van der Waals surface area contributed by atoms with Crippen molar-refractivity contribution in [1.82, 2.24) is 10.3 Å². The molecular formula is C23H28N2O3. The summed E-state index contributed by atoms with van der Waals surface area (Å²) in [6.45, 7) is 8.66. The number of alkyl carbamates (subject to hydrolysis) is 1. The molecular weight excluding hydrogens is 352 g/mol. The first-order valence-corrected chi connectivity index (χ1v) is 9.44. The Morgan fingerprint density at radius 3 is 2.61 bits per heavy atom. The summed E-state index contributed by atoms with van der Waals surface area (Å²) in [4.78, 5) is 15.4. The Balaban J connectivity index is 1.86. The van der Waals surface area contributed by atoms with Crippen molar-refractivity contribution >= 4 is 17.0 Å². The molecule has 3 aromatic rings. The molecule has 1 heterocycles. The van der Waals surface area contributed by atoms with Gasteiger partial charge in [0.25, 0.3) is 0 Å². The summed E-state index contributed by atoms with van der Waals surface area (Å²) >= 11 is 0. The van der Waals surface area contributed by atoms with Crippen LogP contribution in [0.1, 0.15) is 37.5 Å². The Bertz CT molecular complexity index is 983. The first-order valence-electron chi connectivity index (χ1n) is 9.44. The quantitative estimate of drug-likeness (QED) is 0.630. The van der Waals surface area contributed by atoms with Crippen LogP contribution in [0.15, 0.2) is 42.5 Å². The second-order valence-electron chi connectivity index (χ2n) is 7.95. The first kappa shape index (κ1) is 20.0. The topological polar surface area (TPSA) is 63.3 Å². The minimum Gasteiger partial charge on any atom is -0.444 e. The lowest BCUT2D eigenvalue weighted by atomic mass is 10.0. The highest BCUT2D eigenvalue weighted by Crippen LogP contribution is 2.32. The Hall–Kier alpha value is -2.79. The molecule has 0 bridgehead atoms. The summed E-state index contributed by atoms with van der Waals surface area (Å²) in [7, 11) is 1.71. The molecule has 2 aromatic carbocycles. The van der Waals surface area contributed by atoms with E-state index in [4.69, 9.17) is 9.47 Å². The smallest absolute Gasteiger partial charge is 0.407 e. The van der Waals surface area contributed by atoms with Gasteiger partial charge in [-0.3, -0.25) is 0 Å². The van der Waals surface area contributed by atoms with Gasteiger partial charge in [0.15, 0.2) is 0 Å². The summed E-state index contributed by atoms with van der Waals surface area (Å²) in [6.07, 6.45) is -0.410. The van der Waals surface area contributed by atoms with Gasteiger partial charge in [-0.2, -0.15) is 0 Å². The molecule has 1 amide bonds. The lowest BCUT2D eigenvalue weighted by molar-refractivity contribution is 0.0523. The Morgan fingerprint density at radius 1 is 1.14 bits per heavy atom. The number of nitrogens with one attached hydrogen (secondary N) is 2. The Morgan fingerprint density at radius 2 is 1.89 bits per heavy atom. The molecule has 0 saturated carbocycles. The van der Waals surface area contributed by atoms with Gasteiger partial charge in [-0.05, 0) is 56.5 Å². The van der Waals surface area contributed by atoms with Crippen LogP contribution >= 0.6 is 0 Å². The number of ether oxygens (including phenoxy) is 2. The maximum Gasteiger partial charge on any atom is 0.407 e. The van der Waals surface area contributed by atoms with Gasteiger partial charge in [0.1, 0.15) is 5.60 Å². The molecule has 5 nitrogen and oxygen atoms in total. The highest BCUT2D eigenvalue weighted by Gasteiger charge is 2.16. The van der Waals surface area contributed by atoms with E-state index in [9.17, 15) is 4.79 Å². The van der Waals surface area contributed by atoms with E-state index in [2.05, 4.69) is 41.5 Å². The van der Waals surface area contributed by atoms with E-state index in [1.54, 1.807) is 7.11 Å². The fourth-order valence-electron chi connectivity index (χ4n) is 3.29. The number of methoxy groups -OCH3 is 1. The number of rotatable bonds is 5. The number of fused-ring (bicyclic) bond motifs is 1. The molecule has 0 unspecified atom stereocenters. The fraction of sp³-hybridized carbons (Fsp3) is 0.348. The van der Waals surface area contributed by atoms with Crippen LogP contribution in [0.2, 0.25) is 0 Å². The maximum absolute atomic E-state index is 11.9. The minimum absolute atomic E-state index is 0.410. The summed E-state index contributed by atoms with van der Waals surface area (Å²) in [5.74, 6) is 0. The van der Waals surface area contributed by atoms with E-state index < -0.39 is 11.7 Å². The van der Waals surface area contributed by atoms with Gasteiger partial charge in [-0.15, -0.1) is 0 Å². The molecule has 5 heteroatoms. The molecule has 0 fully saturated rings. The van der Waals surface area contributed by atoms with Crippen molar-refractivity contribution in [2.75, 3.05) is 7.11 Å². The molecule has 0 atom stereocenters. The number of hydrogen-bond donors (Lipinski definition) is 2. The predicted octanol–water partition coefficient (Wildman–Crippen LogP) is 5.31. The van der Waals surface area contributed by atoms with Crippen molar-refractivity contribution < 1.29 is 14.3 Å². The van der Waals surface area contributed by atoms with Crippen molar-refractivity contribution in [1.29, 1.82) is 0 Å². The molecule has 148 valence electrons. The highest BCUT2D eigenvalue weighted by molar-refractivity contribution is 5.91. The fourth-order valence-corrected chi connectivity index (χ4v) is 3.29. The van der Waals surface area contributed by atoms with Gasteiger partial charge in [-0.1, -0.05) is 30.3 Å². The number of carbonyl (C=O) groups excluding carboxylic acids is 1. The molecule has 0 aliphatic rings. The van der Waals surface area contributed by atoms with Crippen LogP contribution in [0.5, 0.6) is 0 Å². The van der Waals surface area contributed by atoms with Gasteiger partial charge < -0.3 is 19.8 Å². The van der Waals surface area contributed by atoms with Crippen molar-refractivity contribution in [3.8, 4) is 11.3 Å². The first-order chi connectivity index (χ1) is 13.3. The summed E-state index contributed by atoms with van der Waals surface area (Å²) in [5.41, 5.74) is 6.16. The van der Waals surface area contributed by atoms with Crippen LogP contribution in [0.3, 0.4) is 0 Å². The van der Waals surface area contributed by atoms with E-state index >= 15 is 0 Å². The number of amides is 1. The third kappa shape index (κ3) is 4.54. The molecule has 0 radical (unpaired) electrons. The highest BCUT2D eigenvalue weighted by atomic mass is 16.6. The van der Waals surface area contributed by atoms with Crippen LogP contribution in [0.4, 0.5) is 4.79 Å². The molecule has 0 spiro atoms. The van der Waals surface area contributed by atoms with Crippen LogP contribution in [-0.4, -0.2) is 23.8 Å². The lowest BCUT2D eigenvalue weighted by Gasteiger charge is -2.19. The third-order valence-electron chi connectivity index (χ3n) is 4.54. The average molecular weight is 380 g/mol. The van der Waals surface area contributed by atoms with Crippen LogP contribution in [0, 0.1) is 6.92 Å². The summed E-state index contributed by atoms with van der Waals surface area (Å²) < 4.78 is 10.6. The number of hydrogen-bond acceptors (Lipinski definition) is 3. The zero-order chi connectivity index (χ0) is 20.3. The Labute approximate surface area is 166 Å². The molecule has 3 rings (SSSR count). The molecule has 0 aliphatic carbocycles. The van der Waals surface area contributed by atoms with Gasteiger partial charge in [0.05, 0.1) is 6.61 Å². The molecule has 2 N–H and O–H groups in total. The zero-order valence-electron chi connectivity index (χ0n) is 17.2. The van der Waals surface area contributed by atoms with Crippen molar-refractivity contribution in [3.05, 3.63) is 59.2 Å². The molecule has 0 aliphatic heterocycles. The van der Waals surface area contributed by atoms with Crippen LogP contribution < -0.4 is 5.32 Å². The summed E-state index contributed by atoms with van der Waals surface area (Å²) in [5, 5.41) is 3.96. The number of carbonyl (C=O) groups is 1. The second-order valence-corrected chi connectivity index (χ2v) is 7.95. The zero-order valence-corrected chi connectivity index (χ0v) is 17.2. The third-order valence-corrected chi connectivity index (χ3v) is 4.54. The average Bonchev–Trinajstić information content (AvgIpc) is 2.96. The van der Waals surface area contributed by atoms with Gasteiger partial charge in [0, 0.05) is 35.8 Å². The molecule has 28 heavy (non-hydrogen) atoms. The summed E-state index contributed by atoms with van der Waals surface area (Å²) in [6, 6.07) is 14.4. The van der Waals surface area contributed by atoms with E-state index in [1.165, 1.54) is 5.56 Å². The largest absolute Gasteiger partial charge is 0.444 e.